The zero-order valence-corrected chi connectivity index (χ0v) is 25.3. The van der Waals surface area contributed by atoms with E-state index in [1.54, 1.807) is 58.0 Å². The molecule has 0 saturated carbocycles. The van der Waals surface area contributed by atoms with Crippen molar-refractivity contribution in [2.75, 3.05) is 19.8 Å². The number of carbonyl (C=O) groups excluding carboxylic acids is 5. The van der Waals surface area contributed by atoms with Gasteiger partial charge in [0.2, 0.25) is 12.0 Å². The molecule has 0 fully saturated rings. The molecule has 0 saturated heterocycles. The average molecular weight is 594 g/mol. The molecule has 0 aromatic heterocycles. The van der Waals surface area contributed by atoms with Gasteiger partial charge in [0.15, 0.2) is 5.92 Å². The first-order chi connectivity index (χ1) is 20.6. The fourth-order valence-corrected chi connectivity index (χ4v) is 5.17. The van der Waals surface area contributed by atoms with E-state index in [1.807, 2.05) is 30.3 Å². The minimum Gasteiger partial charge on any atom is -0.465 e. The molecule has 2 atom stereocenters. The maximum absolute atomic E-state index is 14.6. The van der Waals surface area contributed by atoms with Gasteiger partial charge >= 0.3 is 23.9 Å². The molecule has 230 valence electrons. The van der Waals surface area contributed by atoms with Crippen molar-refractivity contribution in [3.63, 3.8) is 0 Å². The van der Waals surface area contributed by atoms with Crippen LogP contribution in [0.3, 0.4) is 0 Å². The summed E-state index contributed by atoms with van der Waals surface area (Å²) in [5, 5.41) is 0. The number of carbonyl (C=O) groups is 5. The van der Waals surface area contributed by atoms with Crippen molar-refractivity contribution in [3.8, 4) is 0 Å². The highest BCUT2D eigenvalue weighted by Crippen LogP contribution is 2.51. The minimum atomic E-state index is -1.70. The van der Waals surface area contributed by atoms with Gasteiger partial charge in [0.25, 0.3) is 0 Å². The summed E-state index contributed by atoms with van der Waals surface area (Å²) in [7, 11) is 0. The van der Waals surface area contributed by atoms with E-state index in [1.165, 1.54) is 11.8 Å². The number of ether oxygens (including phenoxy) is 4. The quantitative estimate of drug-likeness (QED) is 0.177. The van der Waals surface area contributed by atoms with E-state index in [4.69, 9.17) is 18.9 Å². The second-order valence-electron chi connectivity index (χ2n) is 10.1. The van der Waals surface area contributed by atoms with E-state index in [9.17, 15) is 24.0 Å². The van der Waals surface area contributed by atoms with Crippen LogP contribution in [0.4, 0.5) is 0 Å². The smallest absolute Gasteiger partial charge is 0.352 e. The molecule has 2 aromatic rings. The third-order valence-corrected chi connectivity index (χ3v) is 7.12. The lowest BCUT2D eigenvalue weighted by Crippen LogP contribution is -2.44. The summed E-state index contributed by atoms with van der Waals surface area (Å²) >= 11 is 0. The number of hydrogen-bond donors (Lipinski definition) is 0. The highest BCUT2D eigenvalue weighted by Gasteiger charge is 2.57. The molecular weight excluding hydrogens is 554 g/mol. The van der Waals surface area contributed by atoms with Crippen molar-refractivity contribution in [3.05, 3.63) is 77.4 Å². The molecule has 3 rings (SSSR count). The predicted octanol–water partition coefficient (Wildman–Crippen LogP) is 4.46. The first kappa shape index (κ1) is 33.0. The van der Waals surface area contributed by atoms with Gasteiger partial charge in [0, 0.05) is 12.0 Å². The van der Waals surface area contributed by atoms with Gasteiger partial charge in [-0.1, -0.05) is 67.6 Å². The molecule has 0 spiro atoms. The second kappa shape index (κ2) is 15.1. The topological polar surface area (TPSA) is 126 Å². The molecular formula is C33H39NO9. The van der Waals surface area contributed by atoms with Gasteiger partial charge in [0.05, 0.1) is 37.5 Å². The summed E-state index contributed by atoms with van der Waals surface area (Å²) in [6, 6.07) is 18.1. The number of esters is 4. The van der Waals surface area contributed by atoms with E-state index >= 15 is 0 Å². The lowest BCUT2D eigenvalue weighted by atomic mass is 9.73. The Morgan fingerprint density at radius 3 is 1.79 bits per heavy atom. The van der Waals surface area contributed by atoms with Crippen LogP contribution >= 0.6 is 0 Å². The number of hydrogen-bond acceptors (Lipinski definition) is 9. The maximum atomic E-state index is 14.6. The molecule has 2 unspecified atom stereocenters. The van der Waals surface area contributed by atoms with Gasteiger partial charge in [-0.25, -0.2) is 4.79 Å². The Labute approximate surface area is 251 Å². The third-order valence-electron chi connectivity index (χ3n) is 7.12. The largest absolute Gasteiger partial charge is 0.465 e. The molecule has 1 amide bonds. The van der Waals surface area contributed by atoms with Crippen molar-refractivity contribution in [2.45, 2.75) is 60.1 Å². The van der Waals surface area contributed by atoms with Crippen molar-refractivity contribution in [1.82, 2.24) is 4.90 Å². The monoisotopic (exact) mass is 593 g/mol. The zero-order valence-electron chi connectivity index (χ0n) is 25.3. The van der Waals surface area contributed by atoms with Crippen LogP contribution in [0.15, 0.2) is 66.2 Å². The first-order valence-electron chi connectivity index (χ1n) is 14.5. The molecule has 1 heterocycles. The lowest BCUT2D eigenvalue weighted by molar-refractivity contribution is -0.167. The summed E-state index contributed by atoms with van der Waals surface area (Å²) in [6.45, 7) is 8.01. The Balaban J connectivity index is 2.36. The Kier molecular flexibility index (Phi) is 11.6. The summed E-state index contributed by atoms with van der Waals surface area (Å²) in [6.07, 6.45) is -2.08. The Morgan fingerprint density at radius 1 is 0.767 bits per heavy atom. The highest BCUT2D eigenvalue weighted by molar-refractivity contribution is 6.05. The average Bonchev–Trinajstić information content (AvgIpc) is 3.21. The Hall–Kier alpha value is -4.47. The molecule has 43 heavy (non-hydrogen) atoms. The van der Waals surface area contributed by atoms with Crippen molar-refractivity contribution in [1.29, 1.82) is 0 Å². The second-order valence-corrected chi connectivity index (χ2v) is 10.1. The van der Waals surface area contributed by atoms with Crippen LogP contribution in [-0.4, -0.2) is 60.6 Å². The zero-order chi connectivity index (χ0) is 31.6. The van der Waals surface area contributed by atoms with Gasteiger partial charge in [-0.3, -0.25) is 19.2 Å². The molecule has 0 aliphatic carbocycles. The van der Waals surface area contributed by atoms with Gasteiger partial charge in [-0.2, -0.15) is 0 Å². The van der Waals surface area contributed by atoms with Crippen LogP contribution in [0.1, 0.15) is 58.6 Å². The standard InChI is InChI=1S/C33H39NO9/c1-6-25(35)43-28(31(38)42-9-4)26-27(23-18-14-11-15-19-23)34(21-22-16-12-10-13-17-22)32(39)33(26,5)20-24(29(36)40-7-2)30(37)41-8-3/h10-19,24,28H,6-9,20-21H2,1-5H3. The van der Waals surface area contributed by atoms with Crippen LogP contribution in [0.25, 0.3) is 5.70 Å². The van der Waals surface area contributed by atoms with Gasteiger partial charge in [0.1, 0.15) is 0 Å². The molecule has 2 aromatic carbocycles. The molecule has 10 nitrogen and oxygen atoms in total. The van der Waals surface area contributed by atoms with Crippen molar-refractivity contribution < 1.29 is 42.9 Å². The molecule has 10 heteroatoms. The fourth-order valence-electron chi connectivity index (χ4n) is 5.17. The van der Waals surface area contributed by atoms with Crippen LogP contribution in [-0.2, 0) is 49.5 Å². The van der Waals surface area contributed by atoms with Gasteiger partial charge in [-0.05, 0) is 45.2 Å². The van der Waals surface area contributed by atoms with E-state index in [-0.39, 0.29) is 38.4 Å². The Bertz CT molecular complexity index is 1320. The molecule has 0 radical (unpaired) electrons. The summed E-state index contributed by atoms with van der Waals surface area (Å²) < 4.78 is 21.5. The highest BCUT2D eigenvalue weighted by atomic mass is 16.6. The predicted molar refractivity (Wildman–Crippen MR) is 157 cm³/mol. The SMILES string of the molecule is CCOC(=O)C(CC1(C)C(=O)N(Cc2ccccc2)C(c2ccccc2)=C1C(OC(=O)CC)C(=O)OCC)C(=O)OCC. The summed E-state index contributed by atoms with van der Waals surface area (Å²) in [5.41, 5.74) is 0.0914. The van der Waals surface area contributed by atoms with Crippen LogP contribution < -0.4 is 0 Å². The fraction of sp³-hybridized carbons (Fsp3) is 0.424. The van der Waals surface area contributed by atoms with E-state index in [0.717, 1.165) is 5.56 Å². The first-order valence-corrected chi connectivity index (χ1v) is 14.5. The van der Waals surface area contributed by atoms with Crippen LogP contribution in [0.5, 0.6) is 0 Å². The summed E-state index contributed by atoms with van der Waals surface area (Å²) in [5.74, 6) is -5.29. The molecule has 1 aliphatic heterocycles. The van der Waals surface area contributed by atoms with Crippen LogP contribution in [0, 0.1) is 11.3 Å². The number of benzene rings is 2. The maximum Gasteiger partial charge on any atom is 0.352 e. The number of amides is 1. The van der Waals surface area contributed by atoms with Crippen molar-refractivity contribution >= 4 is 35.5 Å². The third kappa shape index (κ3) is 7.49. The van der Waals surface area contributed by atoms with Crippen LogP contribution in [0.2, 0.25) is 0 Å². The van der Waals surface area contributed by atoms with Gasteiger partial charge in [-0.15, -0.1) is 0 Å². The van der Waals surface area contributed by atoms with E-state index in [2.05, 4.69) is 0 Å². The summed E-state index contributed by atoms with van der Waals surface area (Å²) in [4.78, 5) is 68.6. The minimum absolute atomic E-state index is 0.00292. The van der Waals surface area contributed by atoms with Crippen molar-refractivity contribution in [2.24, 2.45) is 11.3 Å². The Morgan fingerprint density at radius 2 is 1.28 bits per heavy atom. The molecule has 1 aliphatic rings. The number of rotatable bonds is 14. The van der Waals surface area contributed by atoms with E-state index in [0.29, 0.717) is 11.3 Å². The van der Waals surface area contributed by atoms with Gasteiger partial charge < -0.3 is 23.8 Å². The molecule has 0 N–H and O–H groups in total. The number of nitrogens with zero attached hydrogens (tertiary/aromatic N) is 1. The normalized spacial score (nSPS) is 17.1. The lowest BCUT2D eigenvalue weighted by Gasteiger charge is -2.32. The molecule has 0 bridgehead atoms. The van der Waals surface area contributed by atoms with E-state index < -0.39 is 53.6 Å².